The number of nitrogens with zero attached hydrogens (tertiary/aromatic N) is 3. The van der Waals surface area contributed by atoms with Crippen LogP contribution in [0.15, 0.2) is 30.3 Å². The number of hydrogen-bond donors (Lipinski definition) is 2. The van der Waals surface area contributed by atoms with Gasteiger partial charge in [-0.05, 0) is 63.4 Å². The number of nitrogen functional groups attached to an aromatic ring is 1. The summed E-state index contributed by atoms with van der Waals surface area (Å²) in [7, 11) is 3.13. The van der Waals surface area contributed by atoms with Gasteiger partial charge in [-0.25, -0.2) is 14.8 Å². The summed E-state index contributed by atoms with van der Waals surface area (Å²) in [5, 5.41) is 10.6. The Morgan fingerprint density at radius 1 is 1.13 bits per heavy atom. The summed E-state index contributed by atoms with van der Waals surface area (Å²) in [5.41, 5.74) is 4.95. The number of aromatic nitrogens is 2. The number of aryl methyl sites for hydroxylation is 1. The molecule has 0 unspecified atom stereocenters. The van der Waals surface area contributed by atoms with Gasteiger partial charge in [0.25, 0.3) is 0 Å². The van der Waals surface area contributed by atoms with Crippen LogP contribution in [0.1, 0.15) is 49.7 Å². The summed E-state index contributed by atoms with van der Waals surface area (Å²) in [4.78, 5) is 22.3. The molecule has 0 bridgehead atoms. The molecule has 0 radical (unpaired) electrons. The van der Waals surface area contributed by atoms with Crippen LogP contribution in [0, 0.1) is 12.3 Å². The zero-order valence-electron chi connectivity index (χ0n) is 22.3. The molecule has 1 saturated carbocycles. The fraction of sp³-hybridized carbons (Fsp3) is 0.444. The Bertz CT molecular complexity index is 1390. The maximum atomic E-state index is 13.5. The fourth-order valence-electron chi connectivity index (χ4n) is 4.66. The van der Waals surface area contributed by atoms with Crippen LogP contribution in [-0.4, -0.2) is 48.1 Å². The van der Waals surface area contributed by atoms with Crippen LogP contribution in [-0.2, 0) is 10.9 Å². The number of fused-ring (bicyclic) bond motifs is 1. The van der Waals surface area contributed by atoms with E-state index in [1.54, 1.807) is 26.2 Å². The quantitative estimate of drug-likeness (QED) is 0.313. The van der Waals surface area contributed by atoms with E-state index < -0.39 is 23.9 Å². The summed E-state index contributed by atoms with van der Waals surface area (Å²) in [6.07, 6.45) is -4.21. The Morgan fingerprint density at radius 2 is 1.82 bits per heavy atom. The molecule has 39 heavy (non-hydrogen) atoms. The van der Waals surface area contributed by atoms with Crippen molar-refractivity contribution in [1.29, 1.82) is 0 Å². The van der Waals surface area contributed by atoms with Gasteiger partial charge in [0.15, 0.2) is 11.5 Å². The lowest BCUT2D eigenvalue weighted by atomic mass is 10.0. The van der Waals surface area contributed by atoms with E-state index in [-0.39, 0.29) is 34.4 Å². The first-order valence-electron chi connectivity index (χ1n) is 12.3. The minimum Gasteiger partial charge on any atom is -0.493 e. The molecule has 4 rings (SSSR count). The SMILES string of the molecule is COc1cc2nc(C)nc(N(C(=O)O)[C@H](C)c3cc(N)cc(C(F)(F)F)c3)c2cc1OCC1([C@@H](C)OC)CC1. The molecule has 0 aliphatic heterocycles. The van der Waals surface area contributed by atoms with Crippen LogP contribution in [0.25, 0.3) is 10.9 Å². The van der Waals surface area contributed by atoms with E-state index >= 15 is 0 Å². The molecule has 210 valence electrons. The lowest BCUT2D eigenvalue weighted by Gasteiger charge is -2.28. The van der Waals surface area contributed by atoms with Gasteiger partial charge in [0.05, 0.1) is 36.9 Å². The van der Waals surface area contributed by atoms with Gasteiger partial charge in [-0.3, -0.25) is 4.90 Å². The minimum absolute atomic E-state index is 0.00705. The van der Waals surface area contributed by atoms with Crippen LogP contribution in [0.3, 0.4) is 0 Å². The number of hydrogen-bond acceptors (Lipinski definition) is 7. The number of carboxylic acid groups (broad SMARTS) is 1. The minimum atomic E-state index is -4.65. The molecule has 1 fully saturated rings. The summed E-state index contributed by atoms with van der Waals surface area (Å²) in [6.45, 7) is 5.40. The Kier molecular flexibility index (Phi) is 7.53. The van der Waals surface area contributed by atoms with Crippen LogP contribution in [0.5, 0.6) is 11.5 Å². The van der Waals surface area contributed by atoms with Crippen molar-refractivity contribution in [3.8, 4) is 11.5 Å². The zero-order valence-corrected chi connectivity index (χ0v) is 22.3. The second kappa shape index (κ2) is 10.4. The van der Waals surface area contributed by atoms with Gasteiger partial charge in [0, 0.05) is 29.7 Å². The van der Waals surface area contributed by atoms with Crippen molar-refractivity contribution >= 4 is 28.5 Å². The molecular formula is C27H31F3N4O5. The number of rotatable bonds is 9. The molecule has 3 aromatic rings. The van der Waals surface area contributed by atoms with Crippen molar-refractivity contribution in [3.63, 3.8) is 0 Å². The maximum Gasteiger partial charge on any atom is 0.416 e. The van der Waals surface area contributed by atoms with Gasteiger partial charge >= 0.3 is 12.3 Å². The average Bonchev–Trinajstić information content (AvgIpc) is 3.66. The van der Waals surface area contributed by atoms with E-state index in [1.807, 2.05) is 6.92 Å². The Labute approximate surface area is 223 Å². The van der Waals surface area contributed by atoms with Crippen molar-refractivity contribution in [3.05, 3.63) is 47.3 Å². The number of benzene rings is 2. The zero-order chi connectivity index (χ0) is 28.7. The summed E-state index contributed by atoms with van der Waals surface area (Å²) in [6, 6.07) is 5.15. The topological polar surface area (TPSA) is 120 Å². The molecule has 2 aromatic carbocycles. The second-order valence-corrected chi connectivity index (χ2v) is 9.86. The molecule has 1 heterocycles. The first-order valence-corrected chi connectivity index (χ1v) is 12.3. The predicted molar refractivity (Wildman–Crippen MR) is 139 cm³/mol. The van der Waals surface area contributed by atoms with Crippen LogP contribution in [0.4, 0.5) is 29.5 Å². The van der Waals surface area contributed by atoms with E-state index in [0.29, 0.717) is 29.0 Å². The number of anilines is 2. The van der Waals surface area contributed by atoms with Crippen LogP contribution in [0.2, 0.25) is 0 Å². The monoisotopic (exact) mass is 548 g/mol. The number of halogens is 3. The number of ether oxygens (including phenoxy) is 3. The standard InChI is InChI=1S/C27H31F3N4O5/c1-14(17-8-18(27(28,29)30)10-19(31)9-17)34(25(35)36)24-20-11-23(39-13-26(6-7-26)15(2)37-4)22(38-5)12-21(20)32-16(3)33-24/h8-12,14-15H,6-7,13,31H2,1-5H3,(H,35,36)/t14-,15-/m1/s1. The van der Waals surface area contributed by atoms with Crippen LogP contribution < -0.4 is 20.1 Å². The van der Waals surface area contributed by atoms with E-state index in [4.69, 9.17) is 19.9 Å². The largest absolute Gasteiger partial charge is 0.493 e. The lowest BCUT2D eigenvalue weighted by molar-refractivity contribution is -0.137. The lowest BCUT2D eigenvalue weighted by Crippen LogP contribution is -2.33. The number of alkyl halides is 3. The second-order valence-electron chi connectivity index (χ2n) is 9.86. The van der Waals surface area contributed by atoms with Crippen molar-refractivity contribution in [2.45, 2.75) is 51.9 Å². The van der Waals surface area contributed by atoms with Gasteiger partial charge in [-0.1, -0.05) is 0 Å². The fourth-order valence-corrected chi connectivity index (χ4v) is 4.66. The molecule has 3 N–H and O–H groups in total. The third-order valence-corrected chi connectivity index (χ3v) is 7.31. The molecule has 1 aliphatic rings. The van der Waals surface area contributed by atoms with Gasteiger partial charge in [-0.15, -0.1) is 0 Å². The highest BCUT2D eigenvalue weighted by Gasteiger charge is 2.49. The Balaban J connectivity index is 1.81. The van der Waals surface area contributed by atoms with Gasteiger partial charge in [-0.2, -0.15) is 13.2 Å². The molecule has 1 aromatic heterocycles. The Hall–Kier alpha value is -3.80. The number of nitrogens with two attached hydrogens (primary N) is 1. The van der Waals surface area contributed by atoms with Gasteiger partial charge in [0.2, 0.25) is 0 Å². The third-order valence-electron chi connectivity index (χ3n) is 7.31. The third kappa shape index (κ3) is 5.65. The molecule has 1 aliphatic carbocycles. The highest BCUT2D eigenvalue weighted by Crippen LogP contribution is 2.50. The molecule has 12 heteroatoms. The average molecular weight is 549 g/mol. The highest BCUT2D eigenvalue weighted by molar-refractivity contribution is 5.99. The van der Waals surface area contributed by atoms with Crippen LogP contribution >= 0.6 is 0 Å². The molecule has 0 spiro atoms. The van der Waals surface area contributed by atoms with Gasteiger partial charge in [0.1, 0.15) is 11.6 Å². The molecular weight excluding hydrogens is 517 g/mol. The van der Waals surface area contributed by atoms with E-state index in [1.165, 1.54) is 20.1 Å². The summed E-state index contributed by atoms with van der Waals surface area (Å²) < 4.78 is 57.6. The smallest absolute Gasteiger partial charge is 0.416 e. The van der Waals surface area contributed by atoms with Crippen molar-refractivity contribution < 1.29 is 37.3 Å². The number of methoxy groups -OCH3 is 2. The number of amides is 1. The summed E-state index contributed by atoms with van der Waals surface area (Å²) >= 11 is 0. The molecule has 1 amide bonds. The molecule has 2 atom stereocenters. The van der Waals surface area contributed by atoms with Gasteiger partial charge < -0.3 is 25.1 Å². The van der Waals surface area contributed by atoms with Crippen molar-refractivity contribution in [2.24, 2.45) is 5.41 Å². The number of carbonyl (C=O) groups is 1. The maximum absolute atomic E-state index is 13.5. The molecule has 9 nitrogen and oxygen atoms in total. The highest BCUT2D eigenvalue weighted by atomic mass is 19.4. The first kappa shape index (κ1) is 28.2. The predicted octanol–water partition coefficient (Wildman–Crippen LogP) is 5.99. The van der Waals surface area contributed by atoms with Crippen molar-refractivity contribution in [2.75, 3.05) is 31.5 Å². The van der Waals surface area contributed by atoms with Crippen molar-refractivity contribution in [1.82, 2.24) is 9.97 Å². The normalized spacial score (nSPS) is 16.0. The molecule has 0 saturated heterocycles. The van der Waals surface area contributed by atoms with E-state index in [0.717, 1.165) is 29.9 Å². The van der Waals surface area contributed by atoms with E-state index in [2.05, 4.69) is 9.97 Å². The summed E-state index contributed by atoms with van der Waals surface area (Å²) in [5.74, 6) is 1.01. The van der Waals surface area contributed by atoms with E-state index in [9.17, 15) is 23.1 Å². The Morgan fingerprint density at radius 3 is 2.38 bits per heavy atom. The first-order chi connectivity index (χ1) is 18.3.